The molecule has 4 rings (SSSR count). The molecule has 3 aromatic heterocycles. The molecule has 0 saturated heterocycles. The average Bonchev–Trinajstić information content (AvgIpc) is 3.13. The number of rotatable bonds is 2. The van der Waals surface area contributed by atoms with Crippen molar-refractivity contribution < 1.29 is 0 Å². The first-order valence-corrected chi connectivity index (χ1v) is 8.17. The number of aryl methyl sites for hydroxylation is 1. The SMILES string of the molecule is CC1CCC(c2cnc3[nH]cc(-c4cnn(C)c4)c3c2)CC1. The molecular weight excluding hydrogens is 272 g/mol. The molecule has 0 radical (unpaired) electrons. The zero-order valence-corrected chi connectivity index (χ0v) is 13.2. The van der Waals surface area contributed by atoms with E-state index in [1.165, 1.54) is 42.2 Å². The van der Waals surface area contributed by atoms with Gasteiger partial charge in [0, 0.05) is 42.2 Å². The average molecular weight is 294 g/mol. The molecule has 0 aromatic carbocycles. The van der Waals surface area contributed by atoms with E-state index in [4.69, 9.17) is 0 Å². The number of aromatic amines is 1. The van der Waals surface area contributed by atoms with Crippen molar-refractivity contribution in [3.05, 3.63) is 36.4 Å². The van der Waals surface area contributed by atoms with E-state index in [-0.39, 0.29) is 0 Å². The van der Waals surface area contributed by atoms with Crippen molar-refractivity contribution in [2.45, 2.75) is 38.5 Å². The van der Waals surface area contributed by atoms with Crippen molar-refractivity contribution in [2.75, 3.05) is 0 Å². The van der Waals surface area contributed by atoms with Gasteiger partial charge in [-0.3, -0.25) is 4.68 Å². The first-order valence-electron chi connectivity index (χ1n) is 8.17. The van der Waals surface area contributed by atoms with Crippen LogP contribution in [-0.2, 0) is 7.05 Å². The van der Waals surface area contributed by atoms with E-state index < -0.39 is 0 Å². The van der Waals surface area contributed by atoms with Gasteiger partial charge in [0.1, 0.15) is 5.65 Å². The third-order valence-electron chi connectivity index (χ3n) is 5.06. The standard InChI is InChI=1S/C18H22N4/c1-12-3-5-13(6-4-12)14-7-16-17(10-20-18(16)19-8-14)15-9-21-22(2)11-15/h7-13H,3-6H2,1-2H3,(H,19,20). The molecule has 4 nitrogen and oxygen atoms in total. The number of fused-ring (bicyclic) bond motifs is 1. The number of H-pyrrole nitrogens is 1. The Hall–Kier alpha value is -2.10. The summed E-state index contributed by atoms with van der Waals surface area (Å²) in [7, 11) is 1.95. The molecule has 22 heavy (non-hydrogen) atoms. The number of hydrogen-bond donors (Lipinski definition) is 1. The van der Waals surface area contributed by atoms with Crippen molar-refractivity contribution in [2.24, 2.45) is 13.0 Å². The smallest absolute Gasteiger partial charge is 0.137 e. The first kappa shape index (κ1) is 13.6. The Kier molecular flexibility index (Phi) is 3.25. The normalized spacial score (nSPS) is 22.3. The summed E-state index contributed by atoms with van der Waals surface area (Å²) in [6.07, 6.45) is 13.3. The van der Waals surface area contributed by atoms with Crippen LogP contribution in [0.2, 0.25) is 0 Å². The first-order chi connectivity index (χ1) is 10.7. The van der Waals surface area contributed by atoms with Crippen LogP contribution in [0.5, 0.6) is 0 Å². The number of pyridine rings is 1. The third-order valence-corrected chi connectivity index (χ3v) is 5.06. The molecule has 0 spiro atoms. The topological polar surface area (TPSA) is 46.5 Å². The van der Waals surface area contributed by atoms with E-state index in [0.717, 1.165) is 17.1 Å². The second kappa shape index (κ2) is 5.27. The molecule has 0 atom stereocenters. The zero-order chi connectivity index (χ0) is 15.1. The van der Waals surface area contributed by atoms with Gasteiger partial charge >= 0.3 is 0 Å². The monoisotopic (exact) mass is 294 g/mol. The van der Waals surface area contributed by atoms with Gasteiger partial charge in [0.2, 0.25) is 0 Å². The summed E-state index contributed by atoms with van der Waals surface area (Å²) in [5, 5.41) is 5.49. The van der Waals surface area contributed by atoms with Gasteiger partial charge in [-0.1, -0.05) is 19.8 Å². The number of aromatic nitrogens is 4. The highest BCUT2D eigenvalue weighted by molar-refractivity contribution is 5.93. The van der Waals surface area contributed by atoms with Gasteiger partial charge in [0.25, 0.3) is 0 Å². The van der Waals surface area contributed by atoms with E-state index in [2.05, 4.69) is 40.5 Å². The second-order valence-corrected chi connectivity index (χ2v) is 6.73. The predicted octanol–water partition coefficient (Wildman–Crippen LogP) is 4.26. The van der Waals surface area contributed by atoms with E-state index >= 15 is 0 Å². The van der Waals surface area contributed by atoms with Gasteiger partial charge in [-0.2, -0.15) is 5.10 Å². The highest BCUT2D eigenvalue weighted by Gasteiger charge is 2.21. The van der Waals surface area contributed by atoms with Gasteiger partial charge in [-0.05, 0) is 36.3 Å². The van der Waals surface area contributed by atoms with Crippen LogP contribution in [-0.4, -0.2) is 19.7 Å². The minimum absolute atomic E-state index is 0.671. The number of hydrogen-bond acceptors (Lipinski definition) is 2. The highest BCUT2D eigenvalue weighted by Crippen LogP contribution is 2.37. The third kappa shape index (κ3) is 2.32. The molecular formula is C18H22N4. The molecule has 1 N–H and O–H groups in total. The fraction of sp³-hybridized carbons (Fsp3) is 0.444. The molecule has 4 heteroatoms. The lowest BCUT2D eigenvalue weighted by Gasteiger charge is -2.26. The van der Waals surface area contributed by atoms with Crippen LogP contribution >= 0.6 is 0 Å². The number of nitrogens with zero attached hydrogens (tertiary/aromatic N) is 3. The van der Waals surface area contributed by atoms with E-state index in [9.17, 15) is 0 Å². The second-order valence-electron chi connectivity index (χ2n) is 6.73. The fourth-order valence-corrected chi connectivity index (χ4v) is 3.64. The quantitative estimate of drug-likeness (QED) is 0.767. The minimum Gasteiger partial charge on any atom is -0.346 e. The van der Waals surface area contributed by atoms with Crippen molar-refractivity contribution in [3.63, 3.8) is 0 Å². The maximum Gasteiger partial charge on any atom is 0.137 e. The Morgan fingerprint density at radius 2 is 2.00 bits per heavy atom. The lowest BCUT2D eigenvalue weighted by atomic mass is 9.80. The molecule has 0 unspecified atom stereocenters. The Labute approximate surface area is 130 Å². The van der Waals surface area contributed by atoms with Crippen LogP contribution in [0.3, 0.4) is 0 Å². The van der Waals surface area contributed by atoms with Crippen LogP contribution < -0.4 is 0 Å². The molecule has 1 saturated carbocycles. The van der Waals surface area contributed by atoms with E-state index in [1.807, 2.05) is 24.1 Å². The summed E-state index contributed by atoms with van der Waals surface area (Å²) in [5.41, 5.74) is 4.70. The Morgan fingerprint density at radius 3 is 2.73 bits per heavy atom. The summed E-state index contributed by atoms with van der Waals surface area (Å²) in [5.74, 6) is 1.55. The number of nitrogens with one attached hydrogen (secondary N) is 1. The summed E-state index contributed by atoms with van der Waals surface area (Å²) in [4.78, 5) is 7.93. The van der Waals surface area contributed by atoms with Gasteiger partial charge < -0.3 is 4.98 Å². The molecule has 1 aliphatic rings. The molecule has 0 amide bonds. The van der Waals surface area contributed by atoms with Gasteiger partial charge in [0.15, 0.2) is 0 Å². The van der Waals surface area contributed by atoms with E-state index in [1.54, 1.807) is 0 Å². The Morgan fingerprint density at radius 1 is 1.18 bits per heavy atom. The molecule has 1 aliphatic carbocycles. The van der Waals surface area contributed by atoms with Crippen LogP contribution in [0.25, 0.3) is 22.2 Å². The van der Waals surface area contributed by atoms with Gasteiger partial charge in [-0.25, -0.2) is 4.98 Å². The lowest BCUT2D eigenvalue weighted by Crippen LogP contribution is -2.10. The minimum atomic E-state index is 0.671. The van der Waals surface area contributed by atoms with Gasteiger partial charge in [0.05, 0.1) is 6.20 Å². The van der Waals surface area contributed by atoms with Gasteiger partial charge in [-0.15, -0.1) is 0 Å². The Bertz CT molecular complexity index is 790. The maximum atomic E-state index is 4.65. The van der Waals surface area contributed by atoms with Crippen LogP contribution in [0.1, 0.15) is 44.1 Å². The van der Waals surface area contributed by atoms with Crippen molar-refractivity contribution in [3.8, 4) is 11.1 Å². The molecule has 114 valence electrons. The van der Waals surface area contributed by atoms with Crippen LogP contribution in [0.15, 0.2) is 30.9 Å². The van der Waals surface area contributed by atoms with Crippen molar-refractivity contribution in [1.82, 2.24) is 19.7 Å². The van der Waals surface area contributed by atoms with Crippen LogP contribution in [0.4, 0.5) is 0 Å². The lowest BCUT2D eigenvalue weighted by molar-refractivity contribution is 0.348. The Balaban J connectivity index is 1.73. The van der Waals surface area contributed by atoms with Crippen molar-refractivity contribution >= 4 is 11.0 Å². The zero-order valence-electron chi connectivity index (χ0n) is 13.2. The summed E-state index contributed by atoms with van der Waals surface area (Å²) < 4.78 is 1.84. The molecule has 3 heterocycles. The highest BCUT2D eigenvalue weighted by atomic mass is 15.2. The molecule has 0 bridgehead atoms. The summed E-state index contributed by atoms with van der Waals surface area (Å²) in [6, 6.07) is 2.34. The largest absolute Gasteiger partial charge is 0.346 e. The molecule has 3 aromatic rings. The predicted molar refractivity (Wildman–Crippen MR) is 88.7 cm³/mol. The van der Waals surface area contributed by atoms with E-state index in [0.29, 0.717) is 5.92 Å². The summed E-state index contributed by atoms with van der Waals surface area (Å²) in [6.45, 7) is 2.37. The molecule has 0 aliphatic heterocycles. The summed E-state index contributed by atoms with van der Waals surface area (Å²) >= 11 is 0. The van der Waals surface area contributed by atoms with Crippen LogP contribution in [0, 0.1) is 5.92 Å². The molecule has 1 fully saturated rings. The van der Waals surface area contributed by atoms with Crippen molar-refractivity contribution in [1.29, 1.82) is 0 Å². The maximum absolute atomic E-state index is 4.65. The fourth-order valence-electron chi connectivity index (χ4n) is 3.64.